The van der Waals surface area contributed by atoms with E-state index in [1.165, 1.54) is 11.1 Å². The third-order valence-corrected chi connectivity index (χ3v) is 3.42. The molecule has 0 aliphatic heterocycles. The second-order valence-electron chi connectivity index (χ2n) is 6.09. The third-order valence-electron chi connectivity index (χ3n) is 3.42. The van der Waals surface area contributed by atoms with Gasteiger partial charge < -0.3 is 16.2 Å². The summed E-state index contributed by atoms with van der Waals surface area (Å²) in [5.74, 6) is 0. The van der Waals surface area contributed by atoms with E-state index in [4.69, 9.17) is 16.2 Å². The normalized spacial score (nSPS) is 11.2. The summed E-state index contributed by atoms with van der Waals surface area (Å²) in [6, 6.07) is 16.2. The summed E-state index contributed by atoms with van der Waals surface area (Å²) in [7, 11) is 0. The van der Waals surface area contributed by atoms with Crippen LogP contribution in [-0.2, 0) is 17.6 Å². The van der Waals surface area contributed by atoms with Crippen LogP contribution in [0, 0.1) is 0 Å². The molecule has 0 radical (unpaired) electrons. The van der Waals surface area contributed by atoms with Gasteiger partial charge in [-0.05, 0) is 49.1 Å². The van der Waals surface area contributed by atoms with Crippen molar-refractivity contribution >= 4 is 11.8 Å². The van der Waals surface area contributed by atoms with Gasteiger partial charge in [0.1, 0.15) is 5.60 Å². The van der Waals surface area contributed by atoms with Crippen LogP contribution in [0.25, 0.3) is 0 Å². The highest BCUT2D eigenvalue weighted by molar-refractivity contribution is 5.65. The fourth-order valence-corrected chi connectivity index (χ4v) is 2.45. The minimum absolute atomic E-state index is 0.607. The zero-order valence-corrected chi connectivity index (χ0v) is 13.0. The van der Waals surface area contributed by atoms with E-state index in [0.29, 0.717) is 6.42 Å². The van der Waals surface area contributed by atoms with E-state index in [9.17, 15) is 4.79 Å². The van der Waals surface area contributed by atoms with Crippen molar-refractivity contribution < 1.29 is 9.53 Å². The van der Waals surface area contributed by atoms with E-state index in [1.807, 2.05) is 38.1 Å². The molecule has 0 spiro atoms. The molecule has 0 fully saturated rings. The predicted molar refractivity (Wildman–Crippen MR) is 88.6 cm³/mol. The van der Waals surface area contributed by atoms with Crippen LogP contribution in [0.2, 0.25) is 0 Å². The van der Waals surface area contributed by atoms with Gasteiger partial charge in [-0.1, -0.05) is 36.4 Å². The Morgan fingerprint density at radius 3 is 1.91 bits per heavy atom. The first-order valence-electron chi connectivity index (χ1n) is 7.25. The number of nitrogen functional groups attached to an aromatic ring is 1. The maximum Gasteiger partial charge on any atom is 0.405 e. The lowest BCUT2D eigenvalue weighted by molar-refractivity contribution is 0.0460. The predicted octanol–water partition coefficient (Wildman–Crippen LogP) is 3.28. The molecule has 4 heteroatoms. The zero-order chi connectivity index (χ0) is 16.2. The molecular weight excluding hydrogens is 276 g/mol. The lowest BCUT2D eigenvalue weighted by Crippen LogP contribution is -2.33. The van der Waals surface area contributed by atoms with E-state index in [-0.39, 0.29) is 0 Å². The lowest BCUT2D eigenvalue weighted by atomic mass is 9.96. The molecule has 0 aliphatic rings. The van der Waals surface area contributed by atoms with Crippen LogP contribution < -0.4 is 11.5 Å². The number of rotatable bonds is 5. The first-order chi connectivity index (χ1) is 10.3. The quantitative estimate of drug-likeness (QED) is 0.831. The van der Waals surface area contributed by atoms with Gasteiger partial charge in [0.25, 0.3) is 0 Å². The fraction of sp³-hybridized carbons (Fsp3) is 0.278. The van der Waals surface area contributed by atoms with E-state index in [2.05, 4.69) is 24.3 Å². The van der Waals surface area contributed by atoms with Gasteiger partial charge in [-0.3, -0.25) is 0 Å². The van der Waals surface area contributed by atoms with Crippen LogP contribution in [0.3, 0.4) is 0 Å². The number of benzene rings is 2. The smallest absolute Gasteiger partial charge is 0.405 e. The van der Waals surface area contributed by atoms with Gasteiger partial charge in [0.05, 0.1) is 0 Å². The number of anilines is 1. The standard InChI is InChI=1S/C18H22N2O2/c1-18(2,22-17(20)21)12-15-5-3-13(4-6-15)11-14-7-9-16(19)10-8-14/h3-10H,11-12,19H2,1-2H3,(H2,20,21). The monoisotopic (exact) mass is 298 g/mol. The maximum absolute atomic E-state index is 10.9. The number of hydrogen-bond acceptors (Lipinski definition) is 3. The van der Waals surface area contributed by atoms with Gasteiger partial charge in [-0.25, -0.2) is 4.79 Å². The first-order valence-corrected chi connectivity index (χ1v) is 7.25. The molecule has 0 saturated heterocycles. The molecular formula is C18H22N2O2. The van der Waals surface area contributed by atoms with Crippen LogP contribution in [0.5, 0.6) is 0 Å². The summed E-state index contributed by atoms with van der Waals surface area (Å²) in [6.45, 7) is 3.69. The number of ether oxygens (including phenoxy) is 1. The van der Waals surface area contributed by atoms with Crippen molar-refractivity contribution in [1.29, 1.82) is 0 Å². The van der Waals surface area contributed by atoms with Gasteiger partial charge in [0.2, 0.25) is 0 Å². The van der Waals surface area contributed by atoms with Crippen molar-refractivity contribution in [3.8, 4) is 0 Å². The van der Waals surface area contributed by atoms with Crippen molar-refractivity contribution in [2.45, 2.75) is 32.3 Å². The molecule has 0 atom stereocenters. The van der Waals surface area contributed by atoms with Crippen molar-refractivity contribution in [2.24, 2.45) is 5.73 Å². The SMILES string of the molecule is CC(C)(Cc1ccc(Cc2ccc(N)cc2)cc1)OC(N)=O. The van der Waals surface area contributed by atoms with Crippen molar-refractivity contribution in [3.05, 3.63) is 65.2 Å². The van der Waals surface area contributed by atoms with Crippen LogP contribution >= 0.6 is 0 Å². The van der Waals surface area contributed by atoms with Crippen LogP contribution in [0.4, 0.5) is 10.5 Å². The first kappa shape index (κ1) is 15.9. The van der Waals surface area contributed by atoms with Crippen LogP contribution in [0.1, 0.15) is 30.5 Å². The maximum atomic E-state index is 10.9. The molecule has 0 bridgehead atoms. The van der Waals surface area contributed by atoms with E-state index in [0.717, 1.165) is 17.7 Å². The van der Waals surface area contributed by atoms with Crippen LogP contribution in [0.15, 0.2) is 48.5 Å². The van der Waals surface area contributed by atoms with Gasteiger partial charge in [0, 0.05) is 12.1 Å². The number of carbonyl (C=O) groups is 1. The Hall–Kier alpha value is -2.49. The highest BCUT2D eigenvalue weighted by Gasteiger charge is 2.22. The molecule has 116 valence electrons. The van der Waals surface area contributed by atoms with Crippen LogP contribution in [-0.4, -0.2) is 11.7 Å². The minimum atomic E-state index is -0.745. The average Bonchev–Trinajstić information content (AvgIpc) is 2.42. The number of nitrogens with two attached hydrogens (primary N) is 2. The summed E-state index contributed by atoms with van der Waals surface area (Å²) >= 11 is 0. The Balaban J connectivity index is 2.01. The number of carbonyl (C=O) groups excluding carboxylic acids is 1. The number of primary amides is 1. The van der Waals surface area contributed by atoms with Crippen molar-refractivity contribution in [3.63, 3.8) is 0 Å². The number of amides is 1. The molecule has 4 N–H and O–H groups in total. The Morgan fingerprint density at radius 2 is 1.41 bits per heavy atom. The highest BCUT2D eigenvalue weighted by Crippen LogP contribution is 2.19. The number of hydrogen-bond donors (Lipinski definition) is 2. The molecule has 1 amide bonds. The third kappa shape index (κ3) is 4.81. The van der Waals surface area contributed by atoms with Gasteiger partial charge in [-0.2, -0.15) is 0 Å². The summed E-state index contributed by atoms with van der Waals surface area (Å²) in [4.78, 5) is 10.9. The molecule has 4 nitrogen and oxygen atoms in total. The summed E-state index contributed by atoms with van der Waals surface area (Å²) < 4.78 is 5.11. The van der Waals surface area contributed by atoms with Gasteiger partial charge in [-0.15, -0.1) is 0 Å². The van der Waals surface area contributed by atoms with Crippen molar-refractivity contribution in [1.82, 2.24) is 0 Å². The summed E-state index contributed by atoms with van der Waals surface area (Å²) in [6.07, 6.45) is 0.741. The highest BCUT2D eigenvalue weighted by atomic mass is 16.6. The van der Waals surface area contributed by atoms with E-state index >= 15 is 0 Å². The van der Waals surface area contributed by atoms with Crippen molar-refractivity contribution in [2.75, 3.05) is 5.73 Å². The second kappa shape index (κ2) is 6.52. The van der Waals surface area contributed by atoms with Gasteiger partial charge >= 0.3 is 6.09 Å². The second-order valence-corrected chi connectivity index (χ2v) is 6.09. The van der Waals surface area contributed by atoms with Gasteiger partial charge in [0.15, 0.2) is 0 Å². The lowest BCUT2D eigenvalue weighted by Gasteiger charge is -2.24. The largest absolute Gasteiger partial charge is 0.443 e. The Labute approximate surface area is 131 Å². The van der Waals surface area contributed by atoms with E-state index in [1.54, 1.807) is 0 Å². The molecule has 2 rings (SSSR count). The molecule has 0 saturated carbocycles. The molecule has 0 heterocycles. The topological polar surface area (TPSA) is 78.3 Å². The molecule has 0 aliphatic carbocycles. The minimum Gasteiger partial charge on any atom is -0.443 e. The average molecular weight is 298 g/mol. The Morgan fingerprint density at radius 1 is 0.955 bits per heavy atom. The molecule has 22 heavy (non-hydrogen) atoms. The molecule has 2 aromatic rings. The Kier molecular flexibility index (Phi) is 4.71. The molecule has 0 aromatic heterocycles. The zero-order valence-electron chi connectivity index (χ0n) is 13.0. The summed E-state index contributed by atoms with van der Waals surface area (Å²) in [5, 5.41) is 0. The molecule has 2 aromatic carbocycles. The molecule has 0 unspecified atom stereocenters. The summed E-state index contributed by atoms with van der Waals surface area (Å²) in [5.41, 5.74) is 14.5. The van der Waals surface area contributed by atoms with E-state index < -0.39 is 11.7 Å². The Bertz CT molecular complexity index is 631. The fourth-order valence-electron chi connectivity index (χ4n) is 2.45.